The highest BCUT2D eigenvalue weighted by molar-refractivity contribution is 5.28. The van der Waals surface area contributed by atoms with Crippen molar-refractivity contribution >= 4 is 0 Å². The molecule has 2 aromatic carbocycles. The average molecular weight is 298 g/mol. The quantitative estimate of drug-likeness (QED) is 0.830. The second-order valence-corrected chi connectivity index (χ2v) is 5.55. The number of ether oxygens (including phenoxy) is 3. The first kappa shape index (κ1) is 15.1. The topological polar surface area (TPSA) is 27.7 Å². The Kier molecular flexibility index (Phi) is 5.09. The molecule has 1 fully saturated rings. The molecular formula is C19H22O3. The van der Waals surface area contributed by atoms with Gasteiger partial charge < -0.3 is 14.2 Å². The van der Waals surface area contributed by atoms with Gasteiger partial charge in [0.15, 0.2) is 6.29 Å². The van der Waals surface area contributed by atoms with Crippen LogP contribution in [0.3, 0.4) is 0 Å². The van der Waals surface area contributed by atoms with Crippen molar-refractivity contribution in [2.45, 2.75) is 31.7 Å². The van der Waals surface area contributed by atoms with Crippen molar-refractivity contribution < 1.29 is 14.2 Å². The van der Waals surface area contributed by atoms with Crippen molar-refractivity contribution in [3.05, 3.63) is 65.7 Å². The number of hydrogen-bond acceptors (Lipinski definition) is 3. The van der Waals surface area contributed by atoms with Crippen LogP contribution in [-0.2, 0) is 15.9 Å². The number of aryl methyl sites for hydroxylation is 1. The zero-order valence-corrected chi connectivity index (χ0v) is 12.9. The van der Waals surface area contributed by atoms with E-state index >= 15 is 0 Å². The molecule has 0 saturated carbocycles. The van der Waals surface area contributed by atoms with Gasteiger partial charge in [-0.3, -0.25) is 0 Å². The minimum Gasteiger partial charge on any atom is -0.497 e. The number of rotatable bonds is 5. The summed E-state index contributed by atoms with van der Waals surface area (Å²) in [5.41, 5.74) is 2.41. The highest BCUT2D eigenvalue weighted by Gasteiger charge is 2.24. The molecule has 1 aliphatic heterocycles. The molecule has 2 aromatic rings. The Morgan fingerprint density at radius 1 is 1.05 bits per heavy atom. The van der Waals surface area contributed by atoms with E-state index in [1.165, 1.54) is 5.56 Å². The monoisotopic (exact) mass is 298 g/mol. The number of benzene rings is 2. The first-order valence-electron chi connectivity index (χ1n) is 7.80. The molecule has 3 nitrogen and oxygen atoms in total. The van der Waals surface area contributed by atoms with Crippen molar-refractivity contribution in [2.75, 3.05) is 13.7 Å². The van der Waals surface area contributed by atoms with Gasteiger partial charge in [0.25, 0.3) is 0 Å². The van der Waals surface area contributed by atoms with Crippen LogP contribution in [0.25, 0.3) is 0 Å². The molecule has 22 heavy (non-hydrogen) atoms. The average Bonchev–Trinajstić information content (AvgIpc) is 2.61. The summed E-state index contributed by atoms with van der Waals surface area (Å²) in [6.45, 7) is 0.746. The van der Waals surface area contributed by atoms with Gasteiger partial charge in [-0.2, -0.15) is 0 Å². The molecule has 0 radical (unpaired) electrons. The lowest BCUT2D eigenvalue weighted by molar-refractivity contribution is -0.218. The molecule has 0 N–H and O–H groups in total. The van der Waals surface area contributed by atoms with Crippen LogP contribution in [0.15, 0.2) is 54.6 Å². The van der Waals surface area contributed by atoms with Crippen molar-refractivity contribution in [1.29, 1.82) is 0 Å². The highest BCUT2D eigenvalue weighted by Crippen LogP contribution is 2.29. The molecule has 3 rings (SSSR count). The standard InChI is InChI=1S/C19H22O3/c1-20-17-11-8-16(9-12-17)19-21-14-13-18(22-19)10-7-15-5-3-2-4-6-15/h2-6,8-9,11-12,18-19H,7,10,13-14H2,1H3. The Bertz CT molecular complexity index is 565. The molecule has 0 aliphatic carbocycles. The van der Waals surface area contributed by atoms with E-state index in [4.69, 9.17) is 14.2 Å². The van der Waals surface area contributed by atoms with Gasteiger partial charge in [-0.05, 0) is 37.0 Å². The van der Waals surface area contributed by atoms with Crippen LogP contribution in [0.5, 0.6) is 5.75 Å². The maximum atomic E-state index is 6.10. The van der Waals surface area contributed by atoms with Crippen LogP contribution >= 0.6 is 0 Å². The fraction of sp³-hybridized carbons (Fsp3) is 0.368. The Hall–Kier alpha value is -1.84. The number of hydrogen-bond donors (Lipinski definition) is 0. The van der Waals surface area contributed by atoms with E-state index in [9.17, 15) is 0 Å². The lowest BCUT2D eigenvalue weighted by atomic mass is 10.0. The van der Waals surface area contributed by atoms with Crippen molar-refractivity contribution in [1.82, 2.24) is 0 Å². The van der Waals surface area contributed by atoms with Crippen LogP contribution in [0.4, 0.5) is 0 Å². The largest absolute Gasteiger partial charge is 0.497 e. The molecule has 116 valence electrons. The second kappa shape index (κ2) is 7.43. The van der Waals surface area contributed by atoms with E-state index in [2.05, 4.69) is 24.3 Å². The van der Waals surface area contributed by atoms with Crippen LogP contribution in [-0.4, -0.2) is 19.8 Å². The van der Waals surface area contributed by atoms with Gasteiger partial charge in [0.05, 0.1) is 19.8 Å². The van der Waals surface area contributed by atoms with Gasteiger partial charge in [-0.15, -0.1) is 0 Å². The van der Waals surface area contributed by atoms with Gasteiger partial charge in [0.2, 0.25) is 0 Å². The lowest BCUT2D eigenvalue weighted by Crippen LogP contribution is -2.27. The third kappa shape index (κ3) is 3.87. The fourth-order valence-corrected chi connectivity index (χ4v) is 2.71. The molecule has 2 unspecified atom stereocenters. The molecule has 1 aliphatic rings. The SMILES string of the molecule is COc1ccc(C2OCCC(CCc3ccccc3)O2)cc1. The zero-order valence-electron chi connectivity index (χ0n) is 12.9. The highest BCUT2D eigenvalue weighted by atomic mass is 16.7. The summed E-state index contributed by atoms with van der Waals surface area (Å²) < 4.78 is 17.0. The predicted molar refractivity (Wildman–Crippen MR) is 85.9 cm³/mol. The van der Waals surface area contributed by atoms with E-state index in [0.29, 0.717) is 0 Å². The molecule has 1 heterocycles. The molecule has 0 amide bonds. The molecule has 0 spiro atoms. The summed E-state index contributed by atoms with van der Waals surface area (Å²) in [6.07, 6.45) is 3.02. The second-order valence-electron chi connectivity index (χ2n) is 5.55. The molecule has 3 heteroatoms. The normalized spacial score (nSPS) is 21.5. The van der Waals surface area contributed by atoms with Crippen LogP contribution < -0.4 is 4.74 Å². The fourth-order valence-electron chi connectivity index (χ4n) is 2.71. The summed E-state index contributed by atoms with van der Waals surface area (Å²) in [6, 6.07) is 18.4. The van der Waals surface area contributed by atoms with Gasteiger partial charge in [-0.1, -0.05) is 42.5 Å². The van der Waals surface area contributed by atoms with Crippen molar-refractivity contribution in [3.8, 4) is 5.75 Å². The van der Waals surface area contributed by atoms with Gasteiger partial charge >= 0.3 is 0 Å². The van der Waals surface area contributed by atoms with Crippen molar-refractivity contribution in [3.63, 3.8) is 0 Å². The first-order valence-corrected chi connectivity index (χ1v) is 7.80. The van der Waals surface area contributed by atoms with Gasteiger partial charge in [0.1, 0.15) is 5.75 Å². The third-order valence-corrected chi connectivity index (χ3v) is 4.01. The summed E-state index contributed by atoms with van der Waals surface area (Å²) in [5.74, 6) is 0.847. The predicted octanol–water partition coefficient (Wildman–Crippen LogP) is 4.13. The Morgan fingerprint density at radius 2 is 1.82 bits per heavy atom. The van der Waals surface area contributed by atoms with Crippen LogP contribution in [0, 0.1) is 0 Å². The molecule has 2 atom stereocenters. The van der Waals surface area contributed by atoms with Gasteiger partial charge in [-0.25, -0.2) is 0 Å². The summed E-state index contributed by atoms with van der Waals surface area (Å²) in [5, 5.41) is 0. The molecule has 1 saturated heterocycles. The Balaban J connectivity index is 1.56. The van der Waals surface area contributed by atoms with E-state index in [1.807, 2.05) is 30.3 Å². The number of methoxy groups -OCH3 is 1. The Labute approximate surface area is 131 Å². The third-order valence-electron chi connectivity index (χ3n) is 4.01. The Morgan fingerprint density at radius 3 is 2.55 bits per heavy atom. The molecular weight excluding hydrogens is 276 g/mol. The summed E-state index contributed by atoms with van der Waals surface area (Å²) in [4.78, 5) is 0. The van der Waals surface area contributed by atoms with Crippen molar-refractivity contribution in [2.24, 2.45) is 0 Å². The molecule has 0 bridgehead atoms. The summed E-state index contributed by atoms with van der Waals surface area (Å²) >= 11 is 0. The van der Waals surface area contributed by atoms with E-state index < -0.39 is 0 Å². The van der Waals surface area contributed by atoms with E-state index in [0.717, 1.165) is 37.2 Å². The minimum atomic E-state index is -0.263. The smallest absolute Gasteiger partial charge is 0.184 e. The van der Waals surface area contributed by atoms with Crippen LogP contribution in [0.2, 0.25) is 0 Å². The molecule has 0 aromatic heterocycles. The van der Waals surface area contributed by atoms with E-state index in [1.54, 1.807) is 7.11 Å². The maximum absolute atomic E-state index is 6.10. The first-order chi connectivity index (χ1) is 10.8. The minimum absolute atomic E-state index is 0.251. The van der Waals surface area contributed by atoms with Crippen LogP contribution in [0.1, 0.15) is 30.3 Å². The van der Waals surface area contributed by atoms with Gasteiger partial charge in [0, 0.05) is 5.56 Å². The lowest BCUT2D eigenvalue weighted by Gasteiger charge is -2.30. The summed E-state index contributed by atoms with van der Waals surface area (Å²) in [7, 11) is 1.67. The zero-order chi connectivity index (χ0) is 15.2. The van der Waals surface area contributed by atoms with E-state index in [-0.39, 0.29) is 12.4 Å². The maximum Gasteiger partial charge on any atom is 0.184 e.